The van der Waals surface area contributed by atoms with Crippen molar-refractivity contribution in [1.82, 2.24) is 5.32 Å². The topological polar surface area (TPSA) is 55.4 Å². The Bertz CT molecular complexity index is 548. The molecule has 1 unspecified atom stereocenters. The molecule has 2 rings (SSSR count). The molecule has 0 bridgehead atoms. The van der Waals surface area contributed by atoms with E-state index >= 15 is 0 Å². The van der Waals surface area contributed by atoms with E-state index in [0.717, 1.165) is 0 Å². The zero-order chi connectivity index (χ0) is 12.4. The third-order valence-electron chi connectivity index (χ3n) is 2.31. The fraction of sp³-hybridized carbons (Fsp3) is 0.167. The molecule has 1 aliphatic rings. The van der Waals surface area contributed by atoms with Crippen LogP contribution in [0, 0.1) is 0 Å². The van der Waals surface area contributed by atoms with Crippen molar-refractivity contribution in [1.29, 1.82) is 0 Å². The van der Waals surface area contributed by atoms with E-state index in [2.05, 4.69) is 5.32 Å². The van der Waals surface area contributed by atoms with Crippen LogP contribution in [0.4, 0.5) is 0 Å². The minimum absolute atomic E-state index is 0.144. The molecule has 0 aromatic heterocycles. The number of benzene rings is 1. The summed E-state index contributed by atoms with van der Waals surface area (Å²) in [6, 6.07) is 8.07. The highest BCUT2D eigenvalue weighted by Gasteiger charge is 2.29. The maximum atomic E-state index is 12.0. The average molecular weight is 251 g/mol. The van der Waals surface area contributed by atoms with Crippen molar-refractivity contribution in [3.63, 3.8) is 0 Å². The lowest BCUT2D eigenvalue weighted by Gasteiger charge is -2.27. The van der Waals surface area contributed by atoms with Crippen LogP contribution in [0.15, 0.2) is 59.7 Å². The molecule has 1 aromatic carbocycles. The second kappa shape index (κ2) is 4.35. The van der Waals surface area contributed by atoms with E-state index in [9.17, 15) is 8.42 Å². The summed E-state index contributed by atoms with van der Waals surface area (Å²) >= 11 is 0. The van der Waals surface area contributed by atoms with Gasteiger partial charge in [0.15, 0.2) is 5.72 Å². The molecule has 0 saturated heterocycles. The number of hydrogen-bond donors (Lipinski definition) is 1. The van der Waals surface area contributed by atoms with E-state index in [4.69, 9.17) is 4.18 Å². The summed E-state index contributed by atoms with van der Waals surface area (Å²) in [7, 11) is -3.77. The van der Waals surface area contributed by atoms with Gasteiger partial charge in [-0.25, -0.2) is 4.18 Å². The highest BCUT2D eigenvalue weighted by Crippen LogP contribution is 2.20. The fourth-order valence-electron chi connectivity index (χ4n) is 1.47. The van der Waals surface area contributed by atoms with Gasteiger partial charge in [-0.05, 0) is 37.4 Å². The Balaban J connectivity index is 2.24. The quantitative estimate of drug-likeness (QED) is 0.832. The first-order valence-corrected chi connectivity index (χ1v) is 6.55. The molecule has 1 aliphatic heterocycles. The Morgan fingerprint density at radius 2 is 1.88 bits per heavy atom. The van der Waals surface area contributed by atoms with Crippen LogP contribution in [0.5, 0.6) is 0 Å². The van der Waals surface area contributed by atoms with Gasteiger partial charge in [-0.15, -0.1) is 0 Å². The van der Waals surface area contributed by atoms with E-state index in [-0.39, 0.29) is 4.90 Å². The second-order valence-corrected chi connectivity index (χ2v) is 5.37. The fourth-order valence-corrected chi connectivity index (χ4v) is 2.62. The van der Waals surface area contributed by atoms with Crippen LogP contribution in [-0.4, -0.2) is 14.1 Å². The van der Waals surface area contributed by atoms with E-state index < -0.39 is 15.8 Å². The van der Waals surface area contributed by atoms with Crippen molar-refractivity contribution in [3.05, 3.63) is 54.8 Å². The Hall–Kier alpha value is -1.59. The molecule has 0 saturated carbocycles. The van der Waals surface area contributed by atoms with Crippen LogP contribution in [-0.2, 0) is 14.3 Å². The molecular weight excluding hydrogens is 238 g/mol. The van der Waals surface area contributed by atoms with Gasteiger partial charge in [-0.1, -0.05) is 24.3 Å². The van der Waals surface area contributed by atoms with Crippen molar-refractivity contribution in [2.75, 3.05) is 0 Å². The summed E-state index contributed by atoms with van der Waals surface area (Å²) in [6.07, 6.45) is 6.78. The minimum Gasteiger partial charge on any atom is -0.360 e. The van der Waals surface area contributed by atoms with E-state index in [1.165, 1.54) is 12.1 Å². The molecule has 4 nitrogen and oxygen atoms in total. The van der Waals surface area contributed by atoms with Crippen molar-refractivity contribution in [3.8, 4) is 0 Å². The van der Waals surface area contributed by atoms with Gasteiger partial charge in [-0.2, -0.15) is 8.42 Å². The lowest BCUT2D eigenvalue weighted by molar-refractivity contribution is 0.125. The van der Waals surface area contributed by atoms with Crippen LogP contribution in [0.2, 0.25) is 0 Å². The molecule has 0 aliphatic carbocycles. The van der Waals surface area contributed by atoms with Gasteiger partial charge < -0.3 is 5.32 Å². The smallest absolute Gasteiger partial charge is 0.299 e. The highest BCUT2D eigenvalue weighted by molar-refractivity contribution is 7.86. The van der Waals surface area contributed by atoms with Gasteiger partial charge in [0.05, 0.1) is 4.90 Å². The van der Waals surface area contributed by atoms with Crippen LogP contribution in [0.1, 0.15) is 6.92 Å². The van der Waals surface area contributed by atoms with Crippen molar-refractivity contribution in [2.45, 2.75) is 17.5 Å². The molecule has 0 fully saturated rings. The van der Waals surface area contributed by atoms with Crippen LogP contribution >= 0.6 is 0 Å². The van der Waals surface area contributed by atoms with Gasteiger partial charge in [0, 0.05) is 0 Å². The molecule has 5 heteroatoms. The first kappa shape index (κ1) is 11.9. The van der Waals surface area contributed by atoms with Gasteiger partial charge >= 0.3 is 0 Å². The average Bonchev–Trinajstić information content (AvgIpc) is 2.30. The third kappa shape index (κ3) is 2.75. The highest BCUT2D eigenvalue weighted by atomic mass is 32.2. The second-order valence-electron chi connectivity index (χ2n) is 3.82. The molecule has 0 amide bonds. The number of nitrogens with one attached hydrogen (secondary N) is 1. The summed E-state index contributed by atoms with van der Waals surface area (Å²) in [5, 5.41) is 2.85. The molecule has 17 heavy (non-hydrogen) atoms. The van der Waals surface area contributed by atoms with Crippen molar-refractivity contribution in [2.24, 2.45) is 0 Å². The predicted molar refractivity (Wildman–Crippen MR) is 64.5 cm³/mol. The van der Waals surface area contributed by atoms with Gasteiger partial charge in [0.2, 0.25) is 0 Å². The van der Waals surface area contributed by atoms with Crippen LogP contribution in [0.25, 0.3) is 0 Å². The first-order chi connectivity index (χ1) is 8.02. The molecule has 0 spiro atoms. The molecule has 90 valence electrons. The number of allylic oxidation sites excluding steroid dienone is 2. The van der Waals surface area contributed by atoms with Gasteiger partial charge in [-0.3, -0.25) is 0 Å². The van der Waals surface area contributed by atoms with E-state index in [1.807, 2.05) is 0 Å². The summed E-state index contributed by atoms with van der Waals surface area (Å²) in [5.74, 6) is 0. The standard InChI is InChI=1S/C12H13NO3S/c1-12(9-5-6-10-13-12)16-17(14,15)11-7-3-2-4-8-11/h2-10,13H,1H3. The lowest BCUT2D eigenvalue weighted by atomic mass is 10.2. The predicted octanol–water partition coefficient (Wildman–Crippen LogP) is 1.78. The monoisotopic (exact) mass is 251 g/mol. The largest absolute Gasteiger partial charge is 0.360 e. The van der Waals surface area contributed by atoms with Crippen LogP contribution < -0.4 is 5.32 Å². The first-order valence-electron chi connectivity index (χ1n) is 5.15. The number of rotatable bonds is 3. The Labute approximate surface area is 101 Å². The Morgan fingerprint density at radius 3 is 2.47 bits per heavy atom. The summed E-state index contributed by atoms with van der Waals surface area (Å²) in [6.45, 7) is 1.65. The normalized spacial score (nSPS) is 23.4. The summed E-state index contributed by atoms with van der Waals surface area (Å²) in [5.41, 5.74) is -1.04. The third-order valence-corrected chi connectivity index (χ3v) is 3.72. The zero-order valence-corrected chi connectivity index (χ0v) is 10.1. The number of dihydropyridines is 1. The van der Waals surface area contributed by atoms with E-state index in [1.54, 1.807) is 49.6 Å². The van der Waals surface area contributed by atoms with Crippen molar-refractivity contribution < 1.29 is 12.6 Å². The summed E-state index contributed by atoms with van der Waals surface area (Å²) in [4.78, 5) is 0.144. The summed E-state index contributed by atoms with van der Waals surface area (Å²) < 4.78 is 29.1. The zero-order valence-electron chi connectivity index (χ0n) is 9.33. The molecule has 1 heterocycles. The van der Waals surface area contributed by atoms with E-state index in [0.29, 0.717) is 0 Å². The van der Waals surface area contributed by atoms with Crippen molar-refractivity contribution >= 4 is 10.1 Å². The number of hydrogen-bond acceptors (Lipinski definition) is 4. The van der Waals surface area contributed by atoms with Crippen LogP contribution in [0.3, 0.4) is 0 Å². The molecule has 1 aromatic rings. The van der Waals surface area contributed by atoms with Gasteiger partial charge in [0.25, 0.3) is 10.1 Å². The maximum Gasteiger partial charge on any atom is 0.299 e. The minimum atomic E-state index is -3.77. The molecular formula is C12H13NO3S. The Morgan fingerprint density at radius 1 is 1.18 bits per heavy atom. The Kier molecular flexibility index (Phi) is 3.04. The molecule has 1 N–H and O–H groups in total. The SMILES string of the molecule is CC1(OS(=O)(=O)c2ccccc2)C=CC=CN1. The van der Waals surface area contributed by atoms with Gasteiger partial charge in [0.1, 0.15) is 0 Å². The molecule has 0 radical (unpaired) electrons. The molecule has 1 atom stereocenters. The maximum absolute atomic E-state index is 12.0. The lowest BCUT2D eigenvalue weighted by Crippen LogP contribution is -2.42.